The molecular formula is C8H7Cl2NO3S. The van der Waals surface area contributed by atoms with Crippen LogP contribution in [0.5, 0.6) is 0 Å². The second-order valence-electron chi connectivity index (χ2n) is 2.68. The molecule has 0 amide bonds. The summed E-state index contributed by atoms with van der Waals surface area (Å²) >= 11 is 11.6. The lowest BCUT2D eigenvalue weighted by molar-refractivity contribution is 0.0697. The fourth-order valence-corrected chi connectivity index (χ4v) is 2.14. The fourth-order valence-electron chi connectivity index (χ4n) is 0.938. The molecule has 7 heteroatoms. The molecule has 0 saturated carbocycles. The zero-order valence-electron chi connectivity index (χ0n) is 7.58. The van der Waals surface area contributed by atoms with Gasteiger partial charge in [-0.05, 0) is 12.1 Å². The van der Waals surface area contributed by atoms with Gasteiger partial charge in [0, 0.05) is 6.26 Å². The number of aromatic carboxylic acids is 1. The minimum absolute atomic E-state index is 0.0163. The van der Waals surface area contributed by atoms with Crippen molar-refractivity contribution in [3.8, 4) is 0 Å². The number of anilines is 1. The van der Waals surface area contributed by atoms with E-state index in [9.17, 15) is 9.00 Å². The Balaban J connectivity index is 3.21. The van der Waals surface area contributed by atoms with Gasteiger partial charge < -0.3 is 9.83 Å². The molecule has 0 aliphatic heterocycles. The maximum atomic E-state index is 10.9. The molecule has 2 N–H and O–H groups in total. The van der Waals surface area contributed by atoms with Gasteiger partial charge in [-0.15, -0.1) is 0 Å². The number of hydrogen-bond donors (Lipinski definition) is 2. The molecule has 0 saturated heterocycles. The summed E-state index contributed by atoms with van der Waals surface area (Å²) in [6.45, 7) is 0. The van der Waals surface area contributed by atoms with Crippen LogP contribution in [0.25, 0.3) is 0 Å². The van der Waals surface area contributed by atoms with Crippen molar-refractivity contribution in [1.29, 1.82) is 0 Å². The van der Waals surface area contributed by atoms with Crippen LogP contribution in [0.4, 0.5) is 5.69 Å². The molecule has 0 radical (unpaired) electrons. The highest BCUT2D eigenvalue weighted by Gasteiger charge is 2.12. The third-order valence-corrected chi connectivity index (χ3v) is 2.62. The first kappa shape index (κ1) is 12.3. The maximum absolute atomic E-state index is 10.9. The summed E-state index contributed by atoms with van der Waals surface area (Å²) in [5.74, 6) is -1.12. The Morgan fingerprint density at radius 2 is 1.87 bits per heavy atom. The largest absolute Gasteiger partial charge is 0.478 e. The van der Waals surface area contributed by atoms with Gasteiger partial charge in [0.1, 0.15) is 11.0 Å². The SMILES string of the molecule is CS(=O)Nc1c(Cl)cc(C(=O)O)cc1Cl. The van der Waals surface area contributed by atoms with Crippen LogP contribution >= 0.6 is 23.2 Å². The average Bonchev–Trinajstić information content (AvgIpc) is 2.10. The van der Waals surface area contributed by atoms with E-state index in [1.54, 1.807) is 0 Å². The number of nitrogens with one attached hydrogen (secondary N) is 1. The number of carboxylic acids is 1. The van der Waals surface area contributed by atoms with Crippen LogP contribution in [-0.4, -0.2) is 21.5 Å². The van der Waals surface area contributed by atoms with Gasteiger partial charge in [-0.2, -0.15) is 0 Å². The molecule has 0 aliphatic rings. The summed E-state index contributed by atoms with van der Waals surface area (Å²) in [7, 11) is -1.32. The minimum atomic E-state index is -1.32. The van der Waals surface area contributed by atoms with Crippen LogP contribution in [0, 0.1) is 0 Å². The van der Waals surface area contributed by atoms with Gasteiger partial charge in [0.25, 0.3) is 0 Å². The van der Waals surface area contributed by atoms with E-state index in [1.165, 1.54) is 18.4 Å². The lowest BCUT2D eigenvalue weighted by Crippen LogP contribution is -2.04. The first-order valence-corrected chi connectivity index (χ1v) is 6.05. The Labute approximate surface area is 98.8 Å². The van der Waals surface area contributed by atoms with Crippen molar-refractivity contribution in [3.63, 3.8) is 0 Å². The van der Waals surface area contributed by atoms with Crippen LogP contribution in [0.2, 0.25) is 10.0 Å². The highest BCUT2D eigenvalue weighted by Crippen LogP contribution is 2.32. The molecule has 1 unspecified atom stereocenters. The predicted molar refractivity (Wildman–Crippen MR) is 61.1 cm³/mol. The second-order valence-corrected chi connectivity index (χ2v) is 4.60. The van der Waals surface area contributed by atoms with E-state index in [0.717, 1.165) is 0 Å². The van der Waals surface area contributed by atoms with E-state index in [-0.39, 0.29) is 21.3 Å². The smallest absolute Gasteiger partial charge is 0.335 e. The Hall–Kier alpha value is -0.780. The van der Waals surface area contributed by atoms with Crippen molar-refractivity contribution in [3.05, 3.63) is 27.7 Å². The molecule has 1 aromatic rings. The standard InChI is InChI=1S/C8H7Cl2NO3S/c1-15(14)11-7-5(9)2-4(8(12)13)3-6(7)10/h2-3,11H,1H3,(H,12,13). The molecule has 15 heavy (non-hydrogen) atoms. The molecule has 0 aliphatic carbocycles. The third kappa shape index (κ3) is 3.09. The molecule has 0 fully saturated rings. The summed E-state index contributed by atoms with van der Waals surface area (Å²) in [6, 6.07) is 2.48. The van der Waals surface area contributed by atoms with Crippen molar-refractivity contribution >= 4 is 45.8 Å². The van der Waals surface area contributed by atoms with Crippen molar-refractivity contribution in [2.75, 3.05) is 11.0 Å². The maximum Gasteiger partial charge on any atom is 0.335 e. The van der Waals surface area contributed by atoms with E-state index >= 15 is 0 Å². The normalized spacial score (nSPS) is 12.2. The number of hydrogen-bond acceptors (Lipinski definition) is 2. The number of rotatable bonds is 3. The van der Waals surface area contributed by atoms with Gasteiger partial charge >= 0.3 is 5.97 Å². The molecule has 4 nitrogen and oxygen atoms in total. The van der Waals surface area contributed by atoms with Crippen LogP contribution in [-0.2, 0) is 11.0 Å². The van der Waals surface area contributed by atoms with Crippen molar-refractivity contribution < 1.29 is 14.1 Å². The molecule has 1 atom stereocenters. The number of carboxylic acid groups (broad SMARTS) is 1. The Morgan fingerprint density at radius 1 is 1.40 bits per heavy atom. The first-order valence-electron chi connectivity index (χ1n) is 3.74. The molecular weight excluding hydrogens is 261 g/mol. The molecule has 0 spiro atoms. The van der Waals surface area contributed by atoms with Gasteiger partial charge in [-0.1, -0.05) is 23.2 Å². The summed E-state index contributed by atoms with van der Waals surface area (Å²) < 4.78 is 13.4. The molecule has 0 bridgehead atoms. The van der Waals surface area contributed by atoms with Crippen LogP contribution in [0.15, 0.2) is 12.1 Å². The zero-order valence-corrected chi connectivity index (χ0v) is 9.91. The Morgan fingerprint density at radius 3 is 2.20 bits per heavy atom. The second kappa shape index (κ2) is 4.83. The molecule has 0 heterocycles. The molecule has 1 rings (SSSR count). The van der Waals surface area contributed by atoms with Gasteiger partial charge in [-0.25, -0.2) is 9.00 Å². The quantitative estimate of drug-likeness (QED) is 0.884. The predicted octanol–water partition coefficient (Wildman–Crippen LogP) is 2.40. The van der Waals surface area contributed by atoms with E-state index in [0.29, 0.717) is 0 Å². The molecule has 1 aromatic carbocycles. The van der Waals surface area contributed by atoms with E-state index in [2.05, 4.69) is 4.72 Å². The summed E-state index contributed by atoms with van der Waals surface area (Å²) in [6.07, 6.45) is 1.41. The Kier molecular flexibility index (Phi) is 3.96. The highest BCUT2D eigenvalue weighted by molar-refractivity contribution is 7.85. The van der Waals surface area contributed by atoms with Crippen LogP contribution < -0.4 is 4.72 Å². The first-order chi connectivity index (χ1) is 6.91. The highest BCUT2D eigenvalue weighted by atomic mass is 35.5. The van der Waals surface area contributed by atoms with Crippen LogP contribution in [0.1, 0.15) is 10.4 Å². The summed E-state index contributed by atoms with van der Waals surface area (Å²) in [5.41, 5.74) is 0.251. The lowest BCUT2D eigenvalue weighted by atomic mass is 10.2. The third-order valence-electron chi connectivity index (χ3n) is 1.53. The van der Waals surface area contributed by atoms with Gasteiger partial charge in [-0.3, -0.25) is 0 Å². The van der Waals surface area contributed by atoms with Gasteiger partial charge in [0.15, 0.2) is 0 Å². The van der Waals surface area contributed by atoms with Crippen molar-refractivity contribution in [1.82, 2.24) is 0 Å². The van der Waals surface area contributed by atoms with Crippen molar-refractivity contribution in [2.45, 2.75) is 0 Å². The topological polar surface area (TPSA) is 66.4 Å². The number of benzene rings is 1. The van der Waals surface area contributed by atoms with E-state index < -0.39 is 17.0 Å². The van der Waals surface area contributed by atoms with E-state index in [1.807, 2.05) is 0 Å². The van der Waals surface area contributed by atoms with E-state index in [4.69, 9.17) is 28.3 Å². The van der Waals surface area contributed by atoms with Gasteiger partial charge in [0.2, 0.25) is 0 Å². The monoisotopic (exact) mass is 267 g/mol. The average molecular weight is 268 g/mol. The zero-order chi connectivity index (χ0) is 11.6. The minimum Gasteiger partial charge on any atom is -0.478 e. The van der Waals surface area contributed by atoms with Crippen LogP contribution in [0.3, 0.4) is 0 Å². The van der Waals surface area contributed by atoms with Crippen molar-refractivity contribution in [2.24, 2.45) is 0 Å². The fraction of sp³-hybridized carbons (Fsp3) is 0.125. The lowest BCUT2D eigenvalue weighted by Gasteiger charge is -2.08. The summed E-state index contributed by atoms with van der Waals surface area (Å²) in [4.78, 5) is 10.6. The molecule has 82 valence electrons. The van der Waals surface area contributed by atoms with Gasteiger partial charge in [0.05, 0.1) is 21.3 Å². The number of carbonyl (C=O) groups is 1. The summed E-state index contributed by atoms with van der Waals surface area (Å²) in [5, 5.41) is 8.95. The Bertz CT molecular complexity index is 413. The number of halogens is 2. The molecule has 0 aromatic heterocycles.